The molecule has 0 spiro atoms. The van der Waals surface area contributed by atoms with Crippen molar-refractivity contribution in [3.8, 4) is 0 Å². The van der Waals surface area contributed by atoms with Gasteiger partial charge in [0.2, 0.25) is 11.8 Å². The molecule has 1 saturated heterocycles. The van der Waals surface area contributed by atoms with Crippen LogP contribution in [-0.2, 0) is 20.8 Å². The first-order chi connectivity index (χ1) is 14.6. The number of nitrogens with zero attached hydrogens (tertiary/aromatic N) is 2. The average molecular weight is 405 g/mol. The van der Waals surface area contributed by atoms with Gasteiger partial charge in [-0.2, -0.15) is 0 Å². The second-order valence-electron chi connectivity index (χ2n) is 8.23. The number of anilines is 1. The molecule has 0 bridgehead atoms. The normalized spacial score (nSPS) is 19.9. The quantitative estimate of drug-likeness (QED) is 0.685. The van der Waals surface area contributed by atoms with Gasteiger partial charge < -0.3 is 4.90 Å². The van der Waals surface area contributed by atoms with E-state index in [1.54, 1.807) is 17.0 Å². The molecule has 156 valence electrons. The van der Waals surface area contributed by atoms with E-state index >= 15 is 0 Å². The molecule has 1 unspecified atom stereocenters. The third-order valence-corrected chi connectivity index (χ3v) is 6.24. The Balaban J connectivity index is 1.57. The standard InChI is InChI=1S/C25H28N2O3/c28-23-18-22(25(30)27(23)21-14-8-3-9-15-21)26(17-16-19-10-4-1-5-11-19)24(29)20-12-6-2-7-13-20/h1,3-5,8-11,14-15,20,22H,2,6-7,12-13,16-18H2. The lowest BCUT2D eigenvalue weighted by molar-refractivity contribution is -0.142. The maximum absolute atomic E-state index is 13.4. The lowest BCUT2D eigenvalue weighted by atomic mass is 9.87. The molecule has 5 heteroatoms. The predicted molar refractivity (Wildman–Crippen MR) is 116 cm³/mol. The number of benzene rings is 2. The van der Waals surface area contributed by atoms with Crippen LogP contribution in [0.25, 0.3) is 0 Å². The summed E-state index contributed by atoms with van der Waals surface area (Å²) in [7, 11) is 0. The molecule has 0 aromatic heterocycles. The van der Waals surface area contributed by atoms with Gasteiger partial charge in [0, 0.05) is 12.5 Å². The molecule has 2 aromatic rings. The van der Waals surface area contributed by atoms with Crippen molar-refractivity contribution in [1.82, 2.24) is 4.90 Å². The first kappa shape index (κ1) is 20.3. The van der Waals surface area contributed by atoms with Crippen LogP contribution in [0.15, 0.2) is 60.7 Å². The smallest absolute Gasteiger partial charge is 0.257 e. The fraction of sp³-hybridized carbons (Fsp3) is 0.400. The summed E-state index contributed by atoms with van der Waals surface area (Å²) in [5, 5.41) is 0. The van der Waals surface area contributed by atoms with Gasteiger partial charge in [-0.15, -0.1) is 0 Å². The van der Waals surface area contributed by atoms with Gasteiger partial charge in [-0.1, -0.05) is 67.8 Å². The summed E-state index contributed by atoms with van der Waals surface area (Å²) in [5.41, 5.74) is 1.69. The van der Waals surface area contributed by atoms with E-state index < -0.39 is 6.04 Å². The van der Waals surface area contributed by atoms with Crippen LogP contribution in [0, 0.1) is 5.92 Å². The molecule has 2 aliphatic rings. The van der Waals surface area contributed by atoms with Crippen LogP contribution in [0.2, 0.25) is 0 Å². The largest absolute Gasteiger partial charge is 0.330 e. The number of imide groups is 1. The zero-order valence-corrected chi connectivity index (χ0v) is 17.2. The lowest BCUT2D eigenvalue weighted by Gasteiger charge is -2.32. The molecule has 1 aliphatic carbocycles. The van der Waals surface area contributed by atoms with Gasteiger partial charge in [0.1, 0.15) is 6.04 Å². The summed E-state index contributed by atoms with van der Waals surface area (Å²) in [6, 6.07) is 18.3. The highest BCUT2D eigenvalue weighted by Crippen LogP contribution is 2.30. The minimum atomic E-state index is -0.712. The Morgan fingerprint density at radius 2 is 1.53 bits per heavy atom. The van der Waals surface area contributed by atoms with E-state index in [1.165, 1.54) is 4.90 Å². The van der Waals surface area contributed by atoms with Crippen molar-refractivity contribution in [3.63, 3.8) is 0 Å². The Morgan fingerprint density at radius 3 is 2.20 bits per heavy atom. The van der Waals surface area contributed by atoms with E-state index in [1.807, 2.05) is 48.5 Å². The minimum absolute atomic E-state index is 0.0340. The molecule has 5 nitrogen and oxygen atoms in total. The number of carbonyl (C=O) groups is 3. The van der Waals surface area contributed by atoms with E-state index in [4.69, 9.17) is 0 Å². The maximum atomic E-state index is 13.4. The van der Waals surface area contributed by atoms with Crippen LogP contribution >= 0.6 is 0 Å². The fourth-order valence-electron chi connectivity index (χ4n) is 4.61. The summed E-state index contributed by atoms with van der Waals surface area (Å²) < 4.78 is 0. The van der Waals surface area contributed by atoms with Crippen LogP contribution in [0.5, 0.6) is 0 Å². The Kier molecular flexibility index (Phi) is 6.26. The Labute approximate surface area is 177 Å². The van der Waals surface area contributed by atoms with Crippen molar-refractivity contribution in [3.05, 3.63) is 66.2 Å². The van der Waals surface area contributed by atoms with Crippen LogP contribution in [0.3, 0.4) is 0 Å². The molecule has 1 atom stereocenters. The number of para-hydroxylation sites is 1. The Morgan fingerprint density at radius 1 is 0.900 bits per heavy atom. The van der Waals surface area contributed by atoms with Crippen molar-refractivity contribution in [2.75, 3.05) is 11.4 Å². The van der Waals surface area contributed by atoms with Crippen molar-refractivity contribution in [2.45, 2.75) is 51.0 Å². The molecule has 1 saturated carbocycles. The van der Waals surface area contributed by atoms with E-state index in [0.717, 1.165) is 37.7 Å². The third kappa shape index (κ3) is 4.30. The van der Waals surface area contributed by atoms with Crippen molar-refractivity contribution < 1.29 is 14.4 Å². The van der Waals surface area contributed by atoms with Crippen LogP contribution in [0.4, 0.5) is 5.69 Å². The molecule has 0 N–H and O–H groups in total. The van der Waals surface area contributed by atoms with Crippen LogP contribution in [0.1, 0.15) is 44.1 Å². The van der Waals surface area contributed by atoms with Crippen molar-refractivity contribution >= 4 is 23.4 Å². The van der Waals surface area contributed by atoms with E-state index in [0.29, 0.717) is 18.7 Å². The van der Waals surface area contributed by atoms with Gasteiger partial charge in [-0.05, 0) is 37.0 Å². The maximum Gasteiger partial charge on any atom is 0.257 e. The molecular formula is C25H28N2O3. The van der Waals surface area contributed by atoms with Gasteiger partial charge in [0.05, 0.1) is 12.1 Å². The zero-order chi connectivity index (χ0) is 20.9. The predicted octanol–water partition coefficient (Wildman–Crippen LogP) is 3.97. The molecule has 4 rings (SSSR count). The summed E-state index contributed by atoms with van der Waals surface area (Å²) >= 11 is 0. The van der Waals surface area contributed by atoms with Gasteiger partial charge in [-0.3, -0.25) is 14.4 Å². The number of amides is 3. The Hall–Kier alpha value is -2.95. The SMILES string of the molecule is O=C1CC(N(CCc2ccccc2)C(=O)C2CCCCC2)C(=O)N1c1ccccc1. The summed E-state index contributed by atoms with van der Waals surface area (Å²) in [4.78, 5) is 42.4. The number of rotatable bonds is 6. The first-order valence-electron chi connectivity index (χ1n) is 10.9. The summed E-state index contributed by atoms with van der Waals surface area (Å²) in [6.07, 6.45) is 5.74. The Bertz CT molecular complexity index is 891. The van der Waals surface area contributed by atoms with Crippen molar-refractivity contribution in [1.29, 1.82) is 0 Å². The fourth-order valence-corrected chi connectivity index (χ4v) is 4.61. The van der Waals surface area contributed by atoms with E-state index in [2.05, 4.69) is 0 Å². The lowest BCUT2D eigenvalue weighted by Crippen LogP contribution is -2.48. The molecule has 1 aliphatic heterocycles. The van der Waals surface area contributed by atoms with E-state index in [9.17, 15) is 14.4 Å². The minimum Gasteiger partial charge on any atom is -0.330 e. The first-order valence-corrected chi connectivity index (χ1v) is 10.9. The average Bonchev–Trinajstić information content (AvgIpc) is 3.09. The number of hydrogen-bond donors (Lipinski definition) is 0. The summed E-state index contributed by atoms with van der Waals surface area (Å²) in [5.74, 6) is -0.532. The highest BCUT2D eigenvalue weighted by Gasteiger charge is 2.45. The third-order valence-electron chi connectivity index (χ3n) is 6.24. The van der Waals surface area contributed by atoms with E-state index in [-0.39, 0.29) is 30.1 Å². The van der Waals surface area contributed by atoms with Gasteiger partial charge in [-0.25, -0.2) is 4.90 Å². The van der Waals surface area contributed by atoms with Gasteiger partial charge >= 0.3 is 0 Å². The van der Waals surface area contributed by atoms with Crippen LogP contribution in [-0.4, -0.2) is 35.2 Å². The molecule has 1 heterocycles. The zero-order valence-electron chi connectivity index (χ0n) is 17.2. The van der Waals surface area contributed by atoms with Crippen LogP contribution < -0.4 is 4.90 Å². The molecule has 2 aromatic carbocycles. The monoisotopic (exact) mass is 404 g/mol. The molecular weight excluding hydrogens is 376 g/mol. The highest BCUT2D eigenvalue weighted by molar-refractivity contribution is 6.23. The molecule has 0 radical (unpaired) electrons. The number of carbonyl (C=O) groups excluding carboxylic acids is 3. The topological polar surface area (TPSA) is 57.7 Å². The number of hydrogen-bond acceptors (Lipinski definition) is 3. The molecule has 30 heavy (non-hydrogen) atoms. The van der Waals surface area contributed by atoms with Crippen molar-refractivity contribution in [2.24, 2.45) is 5.92 Å². The molecule has 2 fully saturated rings. The van der Waals surface area contributed by atoms with Gasteiger partial charge in [0.15, 0.2) is 0 Å². The second-order valence-corrected chi connectivity index (χ2v) is 8.23. The molecule has 3 amide bonds. The summed E-state index contributed by atoms with van der Waals surface area (Å²) in [6.45, 7) is 0.450. The van der Waals surface area contributed by atoms with Gasteiger partial charge in [0.25, 0.3) is 5.91 Å². The second kappa shape index (κ2) is 9.24. The highest BCUT2D eigenvalue weighted by atomic mass is 16.2.